The number of carbonyl (C=O) groups excluding carboxylic acids is 2. The number of hydrogen-bond donors (Lipinski definition) is 0. The maximum Gasteiger partial charge on any atom is 0.332 e. The van der Waals surface area contributed by atoms with Crippen LogP contribution in [0.3, 0.4) is 0 Å². The lowest BCUT2D eigenvalue weighted by Crippen LogP contribution is -2.25. The van der Waals surface area contributed by atoms with Gasteiger partial charge in [0.2, 0.25) is 0 Å². The molecule has 20 heavy (non-hydrogen) atoms. The predicted molar refractivity (Wildman–Crippen MR) is 74.8 cm³/mol. The van der Waals surface area contributed by atoms with Gasteiger partial charge in [0.05, 0.1) is 12.3 Å². The van der Waals surface area contributed by atoms with E-state index in [1.54, 1.807) is 30.2 Å². The molecule has 5 nitrogen and oxygen atoms in total. The number of rotatable bonds is 5. The summed E-state index contributed by atoms with van der Waals surface area (Å²) in [5.41, 5.74) is 1.69. The van der Waals surface area contributed by atoms with Crippen molar-refractivity contribution in [2.45, 2.75) is 26.7 Å². The molecule has 0 N–H and O–H groups in total. The summed E-state index contributed by atoms with van der Waals surface area (Å²) in [7, 11) is 0. The fourth-order valence-electron chi connectivity index (χ4n) is 2.15. The molecule has 1 aliphatic heterocycles. The van der Waals surface area contributed by atoms with E-state index in [4.69, 9.17) is 4.74 Å². The number of pyridine rings is 1. The Morgan fingerprint density at radius 2 is 2.25 bits per heavy atom. The first kappa shape index (κ1) is 14.2. The van der Waals surface area contributed by atoms with Crippen LogP contribution in [-0.2, 0) is 9.53 Å². The Kier molecular flexibility index (Phi) is 4.50. The van der Waals surface area contributed by atoms with Crippen molar-refractivity contribution >= 4 is 17.6 Å². The summed E-state index contributed by atoms with van der Waals surface area (Å²) < 4.78 is 4.93. The van der Waals surface area contributed by atoms with Gasteiger partial charge in [-0.15, -0.1) is 0 Å². The molecule has 2 heterocycles. The van der Waals surface area contributed by atoms with E-state index < -0.39 is 5.97 Å². The van der Waals surface area contributed by atoms with E-state index in [-0.39, 0.29) is 5.91 Å². The Morgan fingerprint density at radius 1 is 1.45 bits per heavy atom. The van der Waals surface area contributed by atoms with Crippen molar-refractivity contribution in [2.75, 3.05) is 13.2 Å². The van der Waals surface area contributed by atoms with Gasteiger partial charge in [-0.1, -0.05) is 13.3 Å². The van der Waals surface area contributed by atoms with Crippen molar-refractivity contribution in [3.05, 3.63) is 35.7 Å². The molecule has 1 aliphatic rings. The van der Waals surface area contributed by atoms with E-state index in [0.717, 1.165) is 12.8 Å². The molecule has 2 rings (SSSR count). The van der Waals surface area contributed by atoms with Crippen molar-refractivity contribution in [1.29, 1.82) is 0 Å². The smallest absolute Gasteiger partial charge is 0.332 e. The fourth-order valence-corrected chi connectivity index (χ4v) is 2.15. The van der Waals surface area contributed by atoms with Crippen LogP contribution in [0.2, 0.25) is 0 Å². The van der Waals surface area contributed by atoms with Gasteiger partial charge in [0.1, 0.15) is 5.69 Å². The number of unbranched alkanes of at least 4 members (excludes halogenated alkanes) is 1. The standard InChI is InChI=1S/C15H18N2O3/c1-3-5-9-17-12(10-13(18)20-4-2)11-7-6-8-16-14(11)15(17)19/h6-8,10H,3-5,9H2,1-2H3/b12-10+. The summed E-state index contributed by atoms with van der Waals surface area (Å²) in [5.74, 6) is -0.585. The largest absolute Gasteiger partial charge is 0.463 e. The maximum atomic E-state index is 12.3. The van der Waals surface area contributed by atoms with Gasteiger partial charge >= 0.3 is 5.97 Å². The van der Waals surface area contributed by atoms with E-state index in [9.17, 15) is 9.59 Å². The molecule has 5 heteroatoms. The van der Waals surface area contributed by atoms with E-state index >= 15 is 0 Å². The van der Waals surface area contributed by atoms with Crippen molar-refractivity contribution < 1.29 is 14.3 Å². The van der Waals surface area contributed by atoms with Gasteiger partial charge < -0.3 is 9.64 Å². The first-order valence-electron chi connectivity index (χ1n) is 6.84. The van der Waals surface area contributed by atoms with E-state index in [0.29, 0.717) is 30.1 Å². The topological polar surface area (TPSA) is 59.5 Å². The number of hydrogen-bond acceptors (Lipinski definition) is 4. The van der Waals surface area contributed by atoms with Crippen LogP contribution in [0.4, 0.5) is 0 Å². The quantitative estimate of drug-likeness (QED) is 0.610. The van der Waals surface area contributed by atoms with Gasteiger partial charge in [0.25, 0.3) is 5.91 Å². The van der Waals surface area contributed by atoms with Crippen molar-refractivity contribution in [2.24, 2.45) is 0 Å². The average Bonchev–Trinajstić information content (AvgIpc) is 2.71. The zero-order valence-electron chi connectivity index (χ0n) is 11.8. The molecule has 0 fully saturated rings. The SMILES string of the molecule is CCCCN1C(=O)c2ncccc2/C1=C\C(=O)OCC. The van der Waals surface area contributed by atoms with Gasteiger partial charge in [-0.05, 0) is 25.5 Å². The first-order chi connectivity index (χ1) is 9.69. The van der Waals surface area contributed by atoms with Gasteiger partial charge in [-0.3, -0.25) is 9.78 Å². The van der Waals surface area contributed by atoms with E-state index in [1.807, 2.05) is 0 Å². The zero-order valence-corrected chi connectivity index (χ0v) is 11.8. The van der Waals surface area contributed by atoms with Gasteiger partial charge in [-0.2, -0.15) is 0 Å². The van der Waals surface area contributed by atoms with E-state index in [1.165, 1.54) is 6.08 Å². The predicted octanol–water partition coefficient (Wildman–Crippen LogP) is 2.24. The lowest BCUT2D eigenvalue weighted by molar-refractivity contribution is -0.137. The molecule has 0 aromatic carbocycles. The molecular weight excluding hydrogens is 256 g/mol. The molecule has 0 bridgehead atoms. The second-order valence-corrected chi connectivity index (χ2v) is 4.49. The molecule has 1 aromatic heterocycles. The minimum atomic E-state index is -0.437. The molecule has 1 aromatic rings. The summed E-state index contributed by atoms with van der Waals surface area (Å²) in [6.07, 6.45) is 4.81. The molecule has 1 amide bonds. The molecule has 0 spiro atoms. The molecule has 0 unspecified atom stereocenters. The fraction of sp³-hybridized carbons (Fsp3) is 0.400. The van der Waals surface area contributed by atoms with Gasteiger partial charge in [0.15, 0.2) is 0 Å². The monoisotopic (exact) mass is 274 g/mol. The number of aromatic nitrogens is 1. The normalized spacial score (nSPS) is 15.6. The summed E-state index contributed by atoms with van der Waals surface area (Å²) in [6.45, 7) is 4.70. The van der Waals surface area contributed by atoms with Crippen molar-refractivity contribution in [3.63, 3.8) is 0 Å². The Morgan fingerprint density at radius 3 is 2.95 bits per heavy atom. The number of carbonyl (C=O) groups is 2. The van der Waals surface area contributed by atoms with Gasteiger partial charge in [0, 0.05) is 24.4 Å². The van der Waals surface area contributed by atoms with Gasteiger partial charge in [-0.25, -0.2) is 4.79 Å². The second-order valence-electron chi connectivity index (χ2n) is 4.49. The first-order valence-corrected chi connectivity index (χ1v) is 6.84. The highest BCUT2D eigenvalue weighted by atomic mass is 16.5. The molecular formula is C15H18N2O3. The average molecular weight is 274 g/mol. The lowest BCUT2D eigenvalue weighted by atomic mass is 10.2. The van der Waals surface area contributed by atoms with Crippen LogP contribution in [0.25, 0.3) is 5.70 Å². The number of fused-ring (bicyclic) bond motifs is 1. The maximum absolute atomic E-state index is 12.3. The summed E-state index contributed by atoms with van der Waals surface area (Å²) >= 11 is 0. The highest BCUT2D eigenvalue weighted by Gasteiger charge is 2.33. The van der Waals surface area contributed by atoms with Crippen LogP contribution in [0, 0.1) is 0 Å². The van der Waals surface area contributed by atoms with Crippen LogP contribution in [-0.4, -0.2) is 34.9 Å². The third kappa shape index (κ3) is 2.71. The highest BCUT2D eigenvalue weighted by Crippen LogP contribution is 2.31. The third-order valence-corrected chi connectivity index (χ3v) is 3.10. The molecule has 0 radical (unpaired) electrons. The summed E-state index contributed by atoms with van der Waals surface area (Å²) in [4.78, 5) is 29.7. The zero-order chi connectivity index (χ0) is 14.5. The second kappa shape index (κ2) is 6.32. The van der Waals surface area contributed by atoms with Crippen LogP contribution in [0.5, 0.6) is 0 Å². The Balaban J connectivity index is 2.37. The molecule has 0 aliphatic carbocycles. The van der Waals surface area contributed by atoms with Crippen LogP contribution in [0.1, 0.15) is 42.7 Å². The lowest BCUT2D eigenvalue weighted by Gasteiger charge is -2.17. The molecule has 0 saturated heterocycles. The Hall–Kier alpha value is -2.17. The van der Waals surface area contributed by atoms with Crippen LogP contribution < -0.4 is 0 Å². The summed E-state index contributed by atoms with van der Waals surface area (Å²) in [5, 5.41) is 0. The molecule has 0 saturated carbocycles. The number of amides is 1. The highest BCUT2D eigenvalue weighted by molar-refractivity contribution is 6.10. The van der Waals surface area contributed by atoms with Crippen molar-refractivity contribution in [3.8, 4) is 0 Å². The van der Waals surface area contributed by atoms with E-state index in [2.05, 4.69) is 11.9 Å². The molecule has 106 valence electrons. The minimum Gasteiger partial charge on any atom is -0.463 e. The molecule has 0 atom stereocenters. The number of ether oxygens (including phenoxy) is 1. The van der Waals surface area contributed by atoms with Crippen LogP contribution >= 0.6 is 0 Å². The number of esters is 1. The third-order valence-electron chi connectivity index (χ3n) is 3.10. The Bertz CT molecular complexity index is 552. The van der Waals surface area contributed by atoms with Crippen LogP contribution in [0.15, 0.2) is 24.4 Å². The minimum absolute atomic E-state index is 0.149. The van der Waals surface area contributed by atoms with Crippen molar-refractivity contribution in [1.82, 2.24) is 9.88 Å². The number of nitrogens with zero attached hydrogens (tertiary/aromatic N) is 2. The summed E-state index contributed by atoms with van der Waals surface area (Å²) in [6, 6.07) is 3.56. The Labute approximate surface area is 118 Å².